The van der Waals surface area contributed by atoms with E-state index in [0.717, 1.165) is 18.4 Å². The van der Waals surface area contributed by atoms with Crippen LogP contribution in [0.4, 0.5) is 0 Å². The summed E-state index contributed by atoms with van der Waals surface area (Å²) >= 11 is 0. The summed E-state index contributed by atoms with van der Waals surface area (Å²) in [5, 5.41) is 0. The first-order chi connectivity index (χ1) is 7.54. The summed E-state index contributed by atoms with van der Waals surface area (Å²) in [5.41, 5.74) is 1.11. The van der Waals surface area contributed by atoms with Crippen molar-refractivity contribution in [1.82, 2.24) is 0 Å². The third-order valence-corrected chi connectivity index (χ3v) is 3.41. The van der Waals surface area contributed by atoms with Crippen molar-refractivity contribution in [2.75, 3.05) is 0 Å². The number of hydrogen-bond donors (Lipinski definition) is 1. The van der Waals surface area contributed by atoms with E-state index in [-0.39, 0.29) is 34.5 Å². The molecule has 17 heavy (non-hydrogen) atoms. The molecule has 0 radical (unpaired) electrons. The molecule has 92 valence electrons. The monoisotopic (exact) mass is 266 g/mol. The van der Waals surface area contributed by atoms with Crippen molar-refractivity contribution in [3.63, 3.8) is 0 Å². The second-order valence-corrected chi connectivity index (χ2v) is 5.35. The van der Waals surface area contributed by atoms with E-state index in [1.54, 1.807) is 12.1 Å². The second-order valence-electron chi connectivity index (χ2n) is 3.93. The van der Waals surface area contributed by atoms with E-state index in [4.69, 9.17) is 4.55 Å². The zero-order valence-electron chi connectivity index (χ0n) is 9.52. The fraction of sp³-hybridized carbons (Fsp3) is 0.500. The fourth-order valence-electron chi connectivity index (χ4n) is 1.58. The predicted molar refractivity (Wildman–Crippen MR) is 71.3 cm³/mol. The van der Waals surface area contributed by atoms with E-state index in [9.17, 15) is 8.42 Å². The van der Waals surface area contributed by atoms with E-state index >= 15 is 0 Å². The van der Waals surface area contributed by atoms with Crippen molar-refractivity contribution < 1.29 is 13.0 Å². The number of aryl methyl sites for hydroxylation is 1. The van der Waals surface area contributed by atoms with Crippen molar-refractivity contribution in [1.29, 1.82) is 0 Å². The molecular formula is C12H19NaO3S. The van der Waals surface area contributed by atoms with Crippen molar-refractivity contribution in [3.05, 3.63) is 29.8 Å². The Balaban J connectivity index is 0.00000256. The molecule has 0 aliphatic carbocycles. The Hall–Kier alpha value is 0.130. The minimum absolute atomic E-state index is 0. The molecule has 1 N–H and O–H groups in total. The molecule has 0 aromatic heterocycles. The molecule has 0 saturated heterocycles. The summed E-state index contributed by atoms with van der Waals surface area (Å²) in [6.45, 7) is 2.17. The van der Waals surface area contributed by atoms with Gasteiger partial charge < -0.3 is 0 Å². The van der Waals surface area contributed by atoms with Gasteiger partial charge in [0.05, 0.1) is 4.90 Å². The van der Waals surface area contributed by atoms with Gasteiger partial charge in [-0.3, -0.25) is 4.55 Å². The maximum absolute atomic E-state index is 10.8. The Morgan fingerprint density at radius 1 is 1.06 bits per heavy atom. The first kappa shape index (κ1) is 17.1. The predicted octanol–water partition coefficient (Wildman–Crippen LogP) is 2.41. The molecule has 0 bridgehead atoms. The van der Waals surface area contributed by atoms with Gasteiger partial charge >= 0.3 is 29.6 Å². The van der Waals surface area contributed by atoms with Crippen LogP contribution in [0.3, 0.4) is 0 Å². The Morgan fingerprint density at radius 3 is 2.12 bits per heavy atom. The molecule has 0 aliphatic heterocycles. The molecule has 0 saturated carbocycles. The zero-order chi connectivity index (χ0) is 12.0. The van der Waals surface area contributed by atoms with Crippen LogP contribution in [0.2, 0.25) is 0 Å². The van der Waals surface area contributed by atoms with Crippen molar-refractivity contribution in [2.24, 2.45) is 0 Å². The minimum atomic E-state index is -4.05. The van der Waals surface area contributed by atoms with E-state index in [1.165, 1.54) is 31.4 Å². The topological polar surface area (TPSA) is 54.4 Å². The van der Waals surface area contributed by atoms with E-state index in [0.29, 0.717) is 0 Å². The fourth-order valence-corrected chi connectivity index (χ4v) is 2.06. The van der Waals surface area contributed by atoms with Gasteiger partial charge in [-0.05, 0) is 30.5 Å². The van der Waals surface area contributed by atoms with Crippen LogP contribution in [0.5, 0.6) is 0 Å². The Morgan fingerprint density at radius 2 is 1.65 bits per heavy atom. The number of unbranched alkanes of at least 4 members (excludes halogenated alkanes) is 3. The SMILES string of the molecule is CCCCCCc1ccc(S(=O)(=O)O)cc1.[NaH]. The number of benzene rings is 1. The van der Waals surface area contributed by atoms with Crippen LogP contribution in [0.1, 0.15) is 38.2 Å². The van der Waals surface area contributed by atoms with E-state index in [2.05, 4.69) is 6.92 Å². The summed E-state index contributed by atoms with van der Waals surface area (Å²) in [6, 6.07) is 6.42. The summed E-state index contributed by atoms with van der Waals surface area (Å²) in [7, 11) is -4.05. The third kappa shape index (κ3) is 6.58. The molecular weight excluding hydrogens is 247 g/mol. The number of rotatable bonds is 6. The van der Waals surface area contributed by atoms with E-state index in [1.807, 2.05) is 0 Å². The maximum atomic E-state index is 10.8. The van der Waals surface area contributed by atoms with E-state index < -0.39 is 10.1 Å². The molecule has 5 heteroatoms. The molecule has 3 nitrogen and oxygen atoms in total. The van der Waals surface area contributed by atoms with Gasteiger partial charge in [-0.1, -0.05) is 38.3 Å². The molecule has 0 spiro atoms. The molecule has 0 amide bonds. The van der Waals surface area contributed by atoms with Gasteiger partial charge in [0, 0.05) is 0 Å². The summed E-state index contributed by atoms with van der Waals surface area (Å²) in [4.78, 5) is -0.0372. The van der Waals surface area contributed by atoms with Gasteiger partial charge in [0.25, 0.3) is 10.1 Å². The van der Waals surface area contributed by atoms with Gasteiger partial charge in [0.15, 0.2) is 0 Å². The van der Waals surface area contributed by atoms with Crippen LogP contribution in [0, 0.1) is 0 Å². The Labute approximate surface area is 126 Å². The zero-order valence-corrected chi connectivity index (χ0v) is 10.3. The van der Waals surface area contributed by atoms with Gasteiger partial charge in [-0.15, -0.1) is 0 Å². The molecule has 0 fully saturated rings. The normalized spacial score (nSPS) is 10.9. The summed E-state index contributed by atoms with van der Waals surface area (Å²) in [6.07, 6.45) is 5.74. The molecule has 0 heterocycles. The van der Waals surface area contributed by atoms with Gasteiger partial charge in [0.2, 0.25) is 0 Å². The van der Waals surface area contributed by atoms with Crippen LogP contribution in [-0.2, 0) is 16.5 Å². The van der Waals surface area contributed by atoms with Gasteiger partial charge in [-0.2, -0.15) is 8.42 Å². The van der Waals surface area contributed by atoms with Crippen molar-refractivity contribution in [3.8, 4) is 0 Å². The Kier molecular flexibility index (Phi) is 8.33. The van der Waals surface area contributed by atoms with Crippen LogP contribution in [0.25, 0.3) is 0 Å². The first-order valence-corrected chi connectivity index (χ1v) is 7.04. The van der Waals surface area contributed by atoms with Crippen molar-refractivity contribution >= 4 is 39.7 Å². The molecule has 1 rings (SSSR count). The average molecular weight is 266 g/mol. The van der Waals surface area contributed by atoms with Crippen LogP contribution < -0.4 is 0 Å². The first-order valence-electron chi connectivity index (χ1n) is 5.60. The van der Waals surface area contributed by atoms with Crippen LogP contribution in [0.15, 0.2) is 29.2 Å². The quantitative estimate of drug-likeness (QED) is 0.489. The van der Waals surface area contributed by atoms with Crippen LogP contribution >= 0.6 is 0 Å². The van der Waals surface area contributed by atoms with Gasteiger partial charge in [0.1, 0.15) is 0 Å². The molecule has 0 unspecified atom stereocenters. The third-order valence-electron chi connectivity index (χ3n) is 2.54. The number of hydrogen-bond acceptors (Lipinski definition) is 2. The second kappa shape index (κ2) is 8.27. The molecule has 1 aromatic rings. The molecule has 0 atom stereocenters. The standard InChI is InChI=1S/C12H18O3S.Na.H/c1-2-3-4-5-6-11-7-9-12(10-8-11)16(13,14)15;;/h7-10H,2-6H2,1H3,(H,13,14,15);;. The Bertz CT molecular complexity index is 412. The summed E-state index contributed by atoms with van der Waals surface area (Å²) in [5.74, 6) is 0. The molecule has 0 aliphatic rings. The summed E-state index contributed by atoms with van der Waals surface area (Å²) < 4.78 is 30.4. The van der Waals surface area contributed by atoms with Crippen molar-refractivity contribution in [2.45, 2.75) is 43.9 Å². The average Bonchev–Trinajstić information content (AvgIpc) is 2.24. The molecule has 1 aromatic carbocycles. The van der Waals surface area contributed by atoms with Crippen LogP contribution in [-0.4, -0.2) is 42.5 Å². The van der Waals surface area contributed by atoms with Gasteiger partial charge in [-0.25, -0.2) is 0 Å².